The molecule has 2 aromatic heterocycles. The molecule has 0 atom stereocenters. The summed E-state index contributed by atoms with van der Waals surface area (Å²) in [5, 5.41) is 2.55. The summed E-state index contributed by atoms with van der Waals surface area (Å²) in [7, 11) is 0. The number of para-hydroxylation sites is 2. The lowest BCUT2D eigenvalue weighted by Gasteiger charge is -2.11. The molecule has 2 heteroatoms. The molecule has 0 saturated heterocycles. The summed E-state index contributed by atoms with van der Waals surface area (Å²) in [6.45, 7) is 4.33. The van der Waals surface area contributed by atoms with E-state index in [1.807, 2.05) is 0 Å². The highest BCUT2D eigenvalue weighted by Gasteiger charge is 2.09. The summed E-state index contributed by atoms with van der Waals surface area (Å²) >= 11 is 0. The van der Waals surface area contributed by atoms with Gasteiger partial charge in [0.05, 0.1) is 11.0 Å². The SMILES string of the molecule is Cc1cc2ccccc2n1-c1ccc(-c2ccc(-n3c(C)cc4ccccc43)cc2)cc1. The molecule has 4 aromatic carbocycles. The number of fused-ring (bicyclic) bond motifs is 2. The van der Waals surface area contributed by atoms with Gasteiger partial charge in [0.25, 0.3) is 0 Å². The van der Waals surface area contributed by atoms with Crippen LogP contribution < -0.4 is 0 Å². The van der Waals surface area contributed by atoms with Gasteiger partial charge in [-0.1, -0.05) is 60.7 Å². The Balaban J connectivity index is 1.35. The minimum absolute atomic E-state index is 1.19. The van der Waals surface area contributed by atoms with E-state index >= 15 is 0 Å². The topological polar surface area (TPSA) is 9.86 Å². The zero-order chi connectivity index (χ0) is 21.7. The number of aromatic nitrogens is 2. The lowest BCUT2D eigenvalue weighted by molar-refractivity contribution is 1.05. The Kier molecular flexibility index (Phi) is 4.26. The van der Waals surface area contributed by atoms with E-state index in [0.717, 1.165) is 0 Å². The zero-order valence-corrected chi connectivity index (χ0v) is 18.3. The summed E-state index contributed by atoms with van der Waals surface area (Å²) in [6.07, 6.45) is 0. The molecule has 0 aliphatic carbocycles. The van der Waals surface area contributed by atoms with E-state index < -0.39 is 0 Å². The predicted octanol–water partition coefficient (Wildman–Crippen LogP) is 7.86. The number of hydrogen-bond acceptors (Lipinski definition) is 0. The Morgan fingerprint density at radius 1 is 0.438 bits per heavy atom. The largest absolute Gasteiger partial charge is 0.314 e. The van der Waals surface area contributed by atoms with Crippen molar-refractivity contribution in [3.63, 3.8) is 0 Å². The highest BCUT2D eigenvalue weighted by atomic mass is 15.0. The molecule has 2 nitrogen and oxygen atoms in total. The van der Waals surface area contributed by atoms with E-state index in [1.165, 1.54) is 55.7 Å². The third kappa shape index (κ3) is 2.96. The maximum atomic E-state index is 2.32. The molecule has 32 heavy (non-hydrogen) atoms. The monoisotopic (exact) mass is 412 g/mol. The average molecular weight is 413 g/mol. The third-order valence-electron chi connectivity index (χ3n) is 6.37. The molecule has 0 N–H and O–H groups in total. The quantitative estimate of drug-likeness (QED) is 0.280. The molecule has 2 heterocycles. The van der Waals surface area contributed by atoms with Crippen molar-refractivity contribution < 1.29 is 0 Å². The molecule has 0 amide bonds. The van der Waals surface area contributed by atoms with Crippen LogP contribution in [0.15, 0.2) is 109 Å². The molecule has 154 valence electrons. The fourth-order valence-electron chi connectivity index (χ4n) is 4.88. The summed E-state index contributed by atoms with van der Waals surface area (Å²) in [6, 6.07) is 39.3. The van der Waals surface area contributed by atoms with Crippen molar-refractivity contribution in [1.29, 1.82) is 0 Å². The molecule has 0 aliphatic rings. The fraction of sp³-hybridized carbons (Fsp3) is 0.0667. The third-order valence-corrected chi connectivity index (χ3v) is 6.37. The van der Waals surface area contributed by atoms with E-state index in [0.29, 0.717) is 0 Å². The Bertz CT molecular complexity index is 1440. The van der Waals surface area contributed by atoms with Crippen LogP contribution in [0.4, 0.5) is 0 Å². The zero-order valence-electron chi connectivity index (χ0n) is 18.3. The molecule has 6 rings (SSSR count). The summed E-state index contributed by atoms with van der Waals surface area (Å²) < 4.78 is 4.64. The number of hydrogen-bond donors (Lipinski definition) is 0. The van der Waals surface area contributed by atoms with Crippen LogP contribution in [0.2, 0.25) is 0 Å². The van der Waals surface area contributed by atoms with Crippen LogP contribution in [-0.2, 0) is 0 Å². The Morgan fingerprint density at radius 3 is 1.22 bits per heavy atom. The number of aryl methyl sites for hydroxylation is 2. The highest BCUT2D eigenvalue weighted by molar-refractivity contribution is 5.84. The molecule has 0 aliphatic heterocycles. The van der Waals surface area contributed by atoms with Gasteiger partial charge in [-0.3, -0.25) is 0 Å². The van der Waals surface area contributed by atoms with Crippen LogP contribution in [0, 0.1) is 13.8 Å². The van der Waals surface area contributed by atoms with Gasteiger partial charge in [-0.05, 0) is 73.5 Å². The van der Waals surface area contributed by atoms with Crippen LogP contribution >= 0.6 is 0 Å². The number of rotatable bonds is 3. The standard InChI is InChI=1S/C30H24N2/c1-21-19-25-7-3-5-9-29(25)31(21)27-15-11-23(12-16-27)24-13-17-28(18-14-24)32-22(2)20-26-8-4-6-10-30(26)32/h3-20H,1-2H3. The van der Waals surface area contributed by atoms with Crippen LogP contribution in [0.25, 0.3) is 44.3 Å². The number of benzene rings is 4. The van der Waals surface area contributed by atoms with E-state index in [4.69, 9.17) is 0 Å². The van der Waals surface area contributed by atoms with Gasteiger partial charge in [0, 0.05) is 33.5 Å². The molecule has 0 saturated carbocycles. The first-order valence-corrected chi connectivity index (χ1v) is 11.0. The van der Waals surface area contributed by atoms with Gasteiger partial charge in [-0.25, -0.2) is 0 Å². The summed E-state index contributed by atoms with van der Waals surface area (Å²) in [5.74, 6) is 0. The van der Waals surface area contributed by atoms with Crippen LogP contribution in [0.5, 0.6) is 0 Å². The van der Waals surface area contributed by atoms with Gasteiger partial charge in [0.2, 0.25) is 0 Å². The predicted molar refractivity (Wildman–Crippen MR) is 135 cm³/mol. The van der Waals surface area contributed by atoms with Gasteiger partial charge >= 0.3 is 0 Å². The summed E-state index contributed by atoms with van der Waals surface area (Å²) in [4.78, 5) is 0. The highest BCUT2D eigenvalue weighted by Crippen LogP contribution is 2.28. The maximum absolute atomic E-state index is 2.32. The van der Waals surface area contributed by atoms with Crippen LogP contribution in [-0.4, -0.2) is 9.13 Å². The van der Waals surface area contributed by atoms with Gasteiger partial charge in [-0.2, -0.15) is 0 Å². The molecule has 6 aromatic rings. The summed E-state index contributed by atoms with van der Waals surface area (Å²) in [5.41, 5.74) is 9.83. The lowest BCUT2D eigenvalue weighted by atomic mass is 10.0. The van der Waals surface area contributed by atoms with Crippen molar-refractivity contribution in [3.05, 3.63) is 121 Å². The molecule has 0 unspecified atom stereocenters. The number of nitrogens with zero attached hydrogens (tertiary/aromatic N) is 2. The second-order valence-corrected chi connectivity index (χ2v) is 8.45. The van der Waals surface area contributed by atoms with Crippen molar-refractivity contribution in [2.24, 2.45) is 0 Å². The smallest absolute Gasteiger partial charge is 0.0531 e. The van der Waals surface area contributed by atoms with Crippen molar-refractivity contribution in [3.8, 4) is 22.5 Å². The van der Waals surface area contributed by atoms with Gasteiger partial charge in [-0.15, -0.1) is 0 Å². The van der Waals surface area contributed by atoms with E-state index in [9.17, 15) is 0 Å². The Labute approximate surface area is 188 Å². The minimum Gasteiger partial charge on any atom is -0.314 e. The van der Waals surface area contributed by atoms with Gasteiger partial charge in [0.1, 0.15) is 0 Å². The van der Waals surface area contributed by atoms with Crippen LogP contribution in [0.1, 0.15) is 11.4 Å². The molecular formula is C30H24N2. The van der Waals surface area contributed by atoms with Crippen molar-refractivity contribution in [1.82, 2.24) is 9.13 Å². The molecule has 0 bridgehead atoms. The normalized spacial score (nSPS) is 11.4. The fourth-order valence-corrected chi connectivity index (χ4v) is 4.88. The first kappa shape index (κ1) is 18.7. The molecule has 0 spiro atoms. The maximum Gasteiger partial charge on any atom is 0.0531 e. The van der Waals surface area contributed by atoms with Crippen molar-refractivity contribution in [2.75, 3.05) is 0 Å². The Morgan fingerprint density at radius 2 is 0.812 bits per heavy atom. The van der Waals surface area contributed by atoms with E-state index in [1.54, 1.807) is 0 Å². The lowest BCUT2D eigenvalue weighted by Crippen LogP contribution is -1.96. The van der Waals surface area contributed by atoms with Gasteiger partial charge < -0.3 is 9.13 Å². The second-order valence-electron chi connectivity index (χ2n) is 8.45. The average Bonchev–Trinajstić information content (AvgIpc) is 3.34. The van der Waals surface area contributed by atoms with E-state index in [2.05, 4.69) is 132 Å². The molecule has 0 fully saturated rings. The minimum atomic E-state index is 1.19. The molecule has 0 radical (unpaired) electrons. The first-order valence-electron chi connectivity index (χ1n) is 11.0. The van der Waals surface area contributed by atoms with Crippen molar-refractivity contribution >= 4 is 21.8 Å². The van der Waals surface area contributed by atoms with Gasteiger partial charge in [0.15, 0.2) is 0 Å². The first-order chi connectivity index (χ1) is 15.7. The molecular weight excluding hydrogens is 388 g/mol. The Hall–Kier alpha value is -4.04. The second kappa shape index (κ2) is 7.28. The van der Waals surface area contributed by atoms with Crippen LogP contribution in [0.3, 0.4) is 0 Å². The van der Waals surface area contributed by atoms with E-state index in [-0.39, 0.29) is 0 Å². The van der Waals surface area contributed by atoms with Crippen molar-refractivity contribution in [2.45, 2.75) is 13.8 Å².